The van der Waals surface area contributed by atoms with Crippen LogP contribution in [0.1, 0.15) is 21.7 Å². The molecule has 1 amide bonds. The summed E-state index contributed by atoms with van der Waals surface area (Å²) in [7, 11) is 0. The second kappa shape index (κ2) is 7.67. The first-order chi connectivity index (χ1) is 14.0. The molecule has 5 nitrogen and oxygen atoms in total. The third kappa shape index (κ3) is 4.06. The number of anilines is 1. The summed E-state index contributed by atoms with van der Waals surface area (Å²) >= 11 is 0. The van der Waals surface area contributed by atoms with Crippen LogP contribution < -0.4 is 5.32 Å². The minimum Gasteiger partial charge on any atom is -0.319 e. The summed E-state index contributed by atoms with van der Waals surface area (Å²) in [5.41, 5.74) is 4.35. The van der Waals surface area contributed by atoms with E-state index in [4.69, 9.17) is 0 Å². The quantitative estimate of drug-likeness (QED) is 0.540. The number of aryl methyl sites for hydroxylation is 2. The van der Waals surface area contributed by atoms with Crippen molar-refractivity contribution in [2.24, 2.45) is 0 Å². The van der Waals surface area contributed by atoms with Crippen molar-refractivity contribution in [1.82, 2.24) is 14.8 Å². The van der Waals surface area contributed by atoms with Crippen LogP contribution in [0.15, 0.2) is 72.8 Å². The van der Waals surface area contributed by atoms with Crippen LogP contribution in [0.4, 0.5) is 10.1 Å². The van der Waals surface area contributed by atoms with Gasteiger partial charge in [0.1, 0.15) is 5.82 Å². The molecule has 0 saturated carbocycles. The fourth-order valence-corrected chi connectivity index (χ4v) is 2.97. The number of benzene rings is 3. The first-order valence-corrected chi connectivity index (χ1v) is 9.18. The molecule has 0 aliphatic rings. The van der Waals surface area contributed by atoms with Gasteiger partial charge in [0.2, 0.25) is 5.82 Å². The van der Waals surface area contributed by atoms with Gasteiger partial charge in [-0.05, 0) is 56.3 Å². The highest BCUT2D eigenvalue weighted by Gasteiger charge is 2.19. The van der Waals surface area contributed by atoms with Gasteiger partial charge in [0.15, 0.2) is 5.82 Å². The van der Waals surface area contributed by atoms with E-state index in [-0.39, 0.29) is 11.6 Å². The number of rotatable bonds is 4. The number of hydrogen-bond donors (Lipinski definition) is 1. The van der Waals surface area contributed by atoms with E-state index in [9.17, 15) is 9.18 Å². The maximum atomic E-state index is 13.1. The molecule has 4 rings (SSSR count). The largest absolute Gasteiger partial charge is 0.319 e. The van der Waals surface area contributed by atoms with E-state index in [0.717, 1.165) is 22.4 Å². The van der Waals surface area contributed by atoms with E-state index < -0.39 is 5.91 Å². The highest BCUT2D eigenvalue weighted by atomic mass is 19.1. The van der Waals surface area contributed by atoms with Gasteiger partial charge in [0.25, 0.3) is 5.91 Å². The molecule has 6 heteroatoms. The maximum Gasteiger partial charge on any atom is 0.295 e. The Labute approximate surface area is 167 Å². The monoisotopic (exact) mass is 386 g/mol. The summed E-state index contributed by atoms with van der Waals surface area (Å²) in [6.07, 6.45) is 0. The van der Waals surface area contributed by atoms with Gasteiger partial charge < -0.3 is 5.32 Å². The zero-order valence-electron chi connectivity index (χ0n) is 16.1. The lowest BCUT2D eigenvalue weighted by atomic mass is 10.1. The van der Waals surface area contributed by atoms with Crippen LogP contribution in [-0.2, 0) is 0 Å². The Morgan fingerprint density at radius 1 is 0.931 bits per heavy atom. The predicted molar refractivity (Wildman–Crippen MR) is 111 cm³/mol. The Balaban J connectivity index is 1.75. The van der Waals surface area contributed by atoms with Crippen molar-refractivity contribution in [3.8, 4) is 17.1 Å². The molecule has 4 aromatic rings. The second-order valence-corrected chi connectivity index (χ2v) is 6.84. The van der Waals surface area contributed by atoms with Crippen LogP contribution in [-0.4, -0.2) is 20.7 Å². The van der Waals surface area contributed by atoms with Crippen LogP contribution in [0, 0.1) is 19.7 Å². The minimum absolute atomic E-state index is 0.0337. The van der Waals surface area contributed by atoms with Crippen molar-refractivity contribution < 1.29 is 9.18 Å². The number of hydrogen-bond acceptors (Lipinski definition) is 3. The molecule has 0 saturated heterocycles. The van der Waals surface area contributed by atoms with E-state index in [2.05, 4.69) is 15.4 Å². The van der Waals surface area contributed by atoms with Crippen molar-refractivity contribution in [3.63, 3.8) is 0 Å². The van der Waals surface area contributed by atoms with Gasteiger partial charge in [-0.1, -0.05) is 41.5 Å². The molecule has 0 atom stereocenters. The normalized spacial score (nSPS) is 10.7. The van der Waals surface area contributed by atoms with Gasteiger partial charge in [0, 0.05) is 11.3 Å². The van der Waals surface area contributed by atoms with Gasteiger partial charge >= 0.3 is 0 Å². The molecular weight excluding hydrogens is 367 g/mol. The third-order valence-corrected chi connectivity index (χ3v) is 4.47. The van der Waals surface area contributed by atoms with Crippen LogP contribution >= 0.6 is 0 Å². The maximum absolute atomic E-state index is 13.1. The lowest BCUT2D eigenvalue weighted by Gasteiger charge is -2.07. The first kappa shape index (κ1) is 18.6. The van der Waals surface area contributed by atoms with Crippen LogP contribution in [0.25, 0.3) is 17.1 Å². The zero-order chi connectivity index (χ0) is 20.4. The number of aromatic nitrogens is 3. The van der Waals surface area contributed by atoms with Crippen molar-refractivity contribution in [3.05, 3.63) is 95.6 Å². The molecule has 1 heterocycles. The molecule has 3 aromatic carbocycles. The van der Waals surface area contributed by atoms with Gasteiger partial charge in [0.05, 0.1) is 5.69 Å². The summed E-state index contributed by atoms with van der Waals surface area (Å²) in [6, 6.07) is 21.3. The SMILES string of the molecule is Cc1ccc(-n2nc(C(=O)Nc3ccc(F)cc3)nc2-c2cccc(C)c2)cc1. The lowest BCUT2D eigenvalue weighted by Crippen LogP contribution is -2.14. The fraction of sp³-hybridized carbons (Fsp3) is 0.0870. The Morgan fingerprint density at radius 3 is 2.34 bits per heavy atom. The van der Waals surface area contributed by atoms with E-state index in [1.807, 2.05) is 62.4 Å². The summed E-state index contributed by atoms with van der Waals surface area (Å²) < 4.78 is 14.8. The standard InChI is InChI=1S/C23H19FN4O/c1-15-6-12-20(13-7-15)28-22(17-5-3-4-16(2)14-17)26-21(27-28)23(29)25-19-10-8-18(24)9-11-19/h3-14H,1-2H3,(H,25,29). The van der Waals surface area contributed by atoms with Crippen LogP contribution in [0.2, 0.25) is 0 Å². The smallest absolute Gasteiger partial charge is 0.295 e. The first-order valence-electron chi connectivity index (χ1n) is 9.18. The van der Waals surface area contributed by atoms with Crippen molar-refractivity contribution >= 4 is 11.6 Å². The molecule has 1 N–H and O–H groups in total. The average molecular weight is 386 g/mol. The Morgan fingerprint density at radius 2 is 1.66 bits per heavy atom. The third-order valence-electron chi connectivity index (χ3n) is 4.47. The number of nitrogens with one attached hydrogen (secondary N) is 1. The Kier molecular flexibility index (Phi) is 4.91. The van der Waals surface area contributed by atoms with Crippen molar-refractivity contribution in [2.75, 3.05) is 5.32 Å². The number of carbonyl (C=O) groups excluding carboxylic acids is 1. The van der Waals surface area contributed by atoms with E-state index in [1.165, 1.54) is 24.3 Å². The van der Waals surface area contributed by atoms with E-state index in [0.29, 0.717) is 11.5 Å². The van der Waals surface area contributed by atoms with Crippen molar-refractivity contribution in [2.45, 2.75) is 13.8 Å². The van der Waals surface area contributed by atoms with Crippen molar-refractivity contribution in [1.29, 1.82) is 0 Å². The Hall–Kier alpha value is -3.80. The average Bonchev–Trinajstić information content (AvgIpc) is 3.16. The lowest BCUT2D eigenvalue weighted by molar-refractivity contribution is 0.101. The minimum atomic E-state index is -0.462. The number of halogens is 1. The molecule has 29 heavy (non-hydrogen) atoms. The zero-order valence-corrected chi connectivity index (χ0v) is 16.1. The predicted octanol–water partition coefficient (Wildman–Crippen LogP) is 4.94. The highest BCUT2D eigenvalue weighted by molar-refractivity contribution is 6.01. The summed E-state index contributed by atoms with van der Waals surface area (Å²) in [4.78, 5) is 17.2. The van der Waals surface area contributed by atoms with Gasteiger partial charge in [-0.3, -0.25) is 4.79 Å². The van der Waals surface area contributed by atoms with Gasteiger partial charge in [-0.2, -0.15) is 0 Å². The summed E-state index contributed by atoms with van der Waals surface area (Å²) in [5, 5.41) is 7.15. The van der Waals surface area contributed by atoms with Crippen LogP contribution in [0.5, 0.6) is 0 Å². The summed E-state index contributed by atoms with van der Waals surface area (Å²) in [5.74, 6) is -0.226. The molecular formula is C23H19FN4O. The molecule has 0 aliphatic carbocycles. The molecule has 0 unspecified atom stereocenters. The van der Waals surface area contributed by atoms with Crippen LogP contribution in [0.3, 0.4) is 0 Å². The Bertz CT molecular complexity index is 1160. The molecule has 0 aliphatic heterocycles. The molecule has 0 radical (unpaired) electrons. The number of nitrogens with zero attached hydrogens (tertiary/aromatic N) is 3. The molecule has 0 bridgehead atoms. The topological polar surface area (TPSA) is 59.8 Å². The van der Waals surface area contributed by atoms with Gasteiger partial charge in [-0.25, -0.2) is 14.1 Å². The van der Waals surface area contributed by atoms with Gasteiger partial charge in [-0.15, -0.1) is 5.10 Å². The molecule has 0 spiro atoms. The summed E-state index contributed by atoms with van der Waals surface area (Å²) in [6.45, 7) is 4.01. The molecule has 1 aromatic heterocycles. The molecule has 144 valence electrons. The molecule has 0 fully saturated rings. The highest BCUT2D eigenvalue weighted by Crippen LogP contribution is 2.23. The fourth-order valence-electron chi connectivity index (χ4n) is 2.97. The number of carbonyl (C=O) groups is 1. The van der Waals surface area contributed by atoms with E-state index >= 15 is 0 Å². The van der Waals surface area contributed by atoms with E-state index in [1.54, 1.807) is 4.68 Å². The second-order valence-electron chi connectivity index (χ2n) is 6.84. The number of amides is 1.